The van der Waals surface area contributed by atoms with Gasteiger partial charge in [0.05, 0.1) is 7.11 Å². The Morgan fingerprint density at radius 3 is 2.53 bits per heavy atom. The van der Waals surface area contributed by atoms with E-state index in [1.807, 2.05) is 12.3 Å². The maximum atomic E-state index is 11.8. The number of aliphatic carboxylic acids is 1. The quantitative estimate of drug-likeness (QED) is 0.358. The minimum atomic E-state index is -0.968. The number of hydrogen-bond donors (Lipinski definition) is 0. The van der Waals surface area contributed by atoms with Crippen LogP contribution in [0.2, 0.25) is 0 Å². The number of carboxylic acids is 1. The van der Waals surface area contributed by atoms with Gasteiger partial charge in [-0.05, 0) is 109 Å². The summed E-state index contributed by atoms with van der Waals surface area (Å²) in [5.41, 5.74) is 7.16. The standard InChI is InChI=1S/C36H42N2O4.Na/c1-22(36(39)40)35(24-7-8-24)27-9-6-23-11-15-32(42-33(23)19-27)26-10-14-31(25-16-17-37-34(20-25)41-2)28(18-26)21-38-29-4-3-5-30(38)13-12-29;/h6,9-10,14,16-20,22,24,29-30,32,35H,3-5,7-8,11-13,15,21H2,1-2H3,(H,39,40);/q;+1/p-1/t22-,29?,30?,32?,35-;/m0./s1. The van der Waals surface area contributed by atoms with Crippen LogP contribution in [0.1, 0.15) is 92.6 Å². The van der Waals surface area contributed by atoms with Crippen LogP contribution < -0.4 is 44.1 Å². The zero-order chi connectivity index (χ0) is 28.8. The zero-order valence-electron chi connectivity index (χ0n) is 25.8. The molecule has 220 valence electrons. The van der Waals surface area contributed by atoms with Crippen LogP contribution in [-0.2, 0) is 17.8 Å². The Morgan fingerprint density at radius 2 is 1.81 bits per heavy atom. The summed E-state index contributed by atoms with van der Waals surface area (Å²) in [5, 5.41) is 11.8. The van der Waals surface area contributed by atoms with Gasteiger partial charge in [-0.25, -0.2) is 4.98 Å². The number of pyridine rings is 1. The Hall–Kier alpha value is -2.38. The summed E-state index contributed by atoms with van der Waals surface area (Å²) in [7, 11) is 1.66. The molecule has 0 N–H and O–H groups in total. The summed E-state index contributed by atoms with van der Waals surface area (Å²) in [6.45, 7) is 2.73. The molecule has 3 aliphatic heterocycles. The number of nitrogens with zero attached hydrogens (tertiary/aromatic N) is 2. The van der Waals surface area contributed by atoms with Crippen LogP contribution in [0.15, 0.2) is 54.7 Å². The van der Waals surface area contributed by atoms with Crippen LogP contribution in [0.25, 0.3) is 11.1 Å². The smallest absolute Gasteiger partial charge is 0.550 e. The van der Waals surface area contributed by atoms with Gasteiger partial charge in [-0.3, -0.25) is 4.90 Å². The van der Waals surface area contributed by atoms with Crippen molar-refractivity contribution < 1.29 is 48.9 Å². The molecular formula is C36H41N2NaO4. The SMILES string of the molecule is COc1cc(-c2ccc(C3CCc4ccc([C@H](C5CC5)[C@H](C)C(=O)[O-])cc4O3)cc2CN2C3CCCC2CC3)ccn1.[Na+]. The zero-order valence-corrected chi connectivity index (χ0v) is 27.8. The molecule has 7 heteroatoms. The van der Waals surface area contributed by atoms with Gasteiger partial charge in [-0.15, -0.1) is 0 Å². The van der Waals surface area contributed by atoms with E-state index in [4.69, 9.17) is 9.47 Å². The number of aryl methyl sites for hydroxylation is 1. The summed E-state index contributed by atoms with van der Waals surface area (Å²) >= 11 is 0. The fourth-order valence-corrected chi connectivity index (χ4v) is 7.99. The third-order valence-corrected chi connectivity index (χ3v) is 10.4. The van der Waals surface area contributed by atoms with Crippen molar-refractivity contribution in [3.8, 4) is 22.8 Å². The number of rotatable bonds is 9. The normalized spacial score (nSPS) is 24.3. The molecular weight excluding hydrogens is 547 g/mol. The molecule has 43 heavy (non-hydrogen) atoms. The largest absolute Gasteiger partial charge is 1.00 e. The molecule has 2 aromatic carbocycles. The van der Waals surface area contributed by atoms with Crippen LogP contribution >= 0.6 is 0 Å². The summed E-state index contributed by atoms with van der Waals surface area (Å²) in [6, 6.07) is 18.7. The van der Waals surface area contributed by atoms with Crippen LogP contribution in [0.5, 0.6) is 11.6 Å². The Kier molecular flexibility index (Phi) is 9.21. The number of carboxylic acid groups (broad SMARTS) is 1. The fourth-order valence-electron chi connectivity index (χ4n) is 7.99. The average Bonchev–Trinajstić information content (AvgIpc) is 3.82. The molecule has 6 nitrogen and oxygen atoms in total. The minimum absolute atomic E-state index is 0. The molecule has 4 heterocycles. The van der Waals surface area contributed by atoms with E-state index >= 15 is 0 Å². The van der Waals surface area contributed by atoms with E-state index in [1.165, 1.54) is 54.4 Å². The van der Waals surface area contributed by atoms with Crippen LogP contribution in [0.4, 0.5) is 0 Å². The van der Waals surface area contributed by atoms with Crippen LogP contribution in [0.3, 0.4) is 0 Å². The maximum absolute atomic E-state index is 11.8. The molecule has 1 saturated carbocycles. The van der Waals surface area contributed by atoms with Crippen molar-refractivity contribution in [1.82, 2.24) is 9.88 Å². The number of ether oxygens (including phenoxy) is 2. The van der Waals surface area contributed by atoms with Gasteiger partial charge >= 0.3 is 29.6 Å². The van der Waals surface area contributed by atoms with Crippen molar-refractivity contribution in [2.24, 2.45) is 11.8 Å². The summed E-state index contributed by atoms with van der Waals surface area (Å²) in [6.07, 6.45) is 12.4. The average molecular weight is 589 g/mol. The van der Waals surface area contributed by atoms with Crippen molar-refractivity contribution in [3.05, 3.63) is 77.0 Å². The van der Waals surface area contributed by atoms with Gasteiger partial charge in [0.1, 0.15) is 11.9 Å². The third kappa shape index (κ3) is 6.26. The topological polar surface area (TPSA) is 74.7 Å². The second-order valence-electron chi connectivity index (χ2n) is 13.0. The Labute approximate surface area is 277 Å². The molecule has 5 atom stereocenters. The third-order valence-electron chi connectivity index (χ3n) is 10.4. The Bertz CT molecular complexity index is 1460. The summed E-state index contributed by atoms with van der Waals surface area (Å²) in [4.78, 5) is 18.9. The van der Waals surface area contributed by atoms with E-state index in [9.17, 15) is 9.90 Å². The number of aromatic nitrogens is 1. The van der Waals surface area contributed by atoms with Crippen molar-refractivity contribution in [2.75, 3.05) is 7.11 Å². The molecule has 1 aromatic heterocycles. The van der Waals surface area contributed by atoms with E-state index < -0.39 is 11.9 Å². The monoisotopic (exact) mass is 588 g/mol. The summed E-state index contributed by atoms with van der Waals surface area (Å²) < 4.78 is 12.2. The first kappa shape index (κ1) is 30.6. The van der Waals surface area contributed by atoms with Crippen molar-refractivity contribution in [1.29, 1.82) is 0 Å². The number of carbonyl (C=O) groups excluding carboxylic acids is 1. The van der Waals surface area contributed by atoms with Gasteiger partial charge in [0, 0.05) is 42.8 Å². The van der Waals surface area contributed by atoms with Gasteiger partial charge in [-0.1, -0.05) is 43.7 Å². The molecule has 7 rings (SSSR count). The maximum Gasteiger partial charge on any atom is 1.00 e. The molecule has 3 aromatic rings. The first-order chi connectivity index (χ1) is 20.5. The minimum Gasteiger partial charge on any atom is -0.550 e. The number of methoxy groups -OCH3 is 1. The number of fused-ring (bicyclic) bond motifs is 3. The Balaban J connectivity index is 0.00000329. The summed E-state index contributed by atoms with van der Waals surface area (Å²) in [5.74, 6) is 0.446. The predicted molar refractivity (Wildman–Crippen MR) is 160 cm³/mol. The van der Waals surface area contributed by atoms with E-state index in [2.05, 4.69) is 52.3 Å². The molecule has 2 saturated heterocycles. The van der Waals surface area contributed by atoms with Gasteiger partial charge < -0.3 is 19.4 Å². The van der Waals surface area contributed by atoms with Crippen molar-refractivity contribution in [3.63, 3.8) is 0 Å². The number of piperidine rings is 1. The van der Waals surface area contributed by atoms with Crippen LogP contribution in [-0.4, -0.2) is 35.0 Å². The number of carbonyl (C=O) groups is 1. The second-order valence-corrected chi connectivity index (χ2v) is 13.0. The van der Waals surface area contributed by atoms with Crippen molar-refractivity contribution in [2.45, 2.75) is 95.4 Å². The second kappa shape index (κ2) is 12.9. The van der Waals surface area contributed by atoms with Gasteiger partial charge in [0.25, 0.3) is 0 Å². The van der Waals surface area contributed by atoms with Gasteiger partial charge in [0.15, 0.2) is 0 Å². The fraction of sp³-hybridized carbons (Fsp3) is 0.500. The Morgan fingerprint density at radius 1 is 1.02 bits per heavy atom. The molecule has 0 amide bonds. The van der Waals surface area contributed by atoms with Crippen molar-refractivity contribution >= 4 is 5.97 Å². The molecule has 1 aliphatic carbocycles. The number of hydrogen-bond acceptors (Lipinski definition) is 6. The molecule has 4 aliphatic rings. The van der Waals surface area contributed by atoms with E-state index in [0.717, 1.165) is 49.1 Å². The van der Waals surface area contributed by atoms with Crippen LogP contribution in [0, 0.1) is 11.8 Å². The van der Waals surface area contributed by atoms with E-state index in [-0.39, 0.29) is 41.6 Å². The molecule has 0 radical (unpaired) electrons. The molecule has 2 bridgehead atoms. The molecule has 3 fully saturated rings. The predicted octanol–water partition coefficient (Wildman–Crippen LogP) is 3.22. The van der Waals surface area contributed by atoms with E-state index in [1.54, 1.807) is 14.0 Å². The first-order valence-electron chi connectivity index (χ1n) is 15.9. The van der Waals surface area contributed by atoms with Gasteiger partial charge in [-0.2, -0.15) is 0 Å². The molecule has 0 spiro atoms. The van der Waals surface area contributed by atoms with E-state index in [0.29, 0.717) is 23.9 Å². The van der Waals surface area contributed by atoms with Gasteiger partial charge in [0.2, 0.25) is 5.88 Å². The number of benzene rings is 2. The molecule has 3 unspecified atom stereocenters. The first-order valence-corrected chi connectivity index (χ1v) is 15.9.